The van der Waals surface area contributed by atoms with Crippen LogP contribution in [0.2, 0.25) is 0 Å². The van der Waals surface area contributed by atoms with Crippen LogP contribution in [0.15, 0.2) is 5.16 Å². The number of rotatable bonds is 4. The van der Waals surface area contributed by atoms with Crippen molar-refractivity contribution in [2.45, 2.75) is 33.1 Å². The van der Waals surface area contributed by atoms with Gasteiger partial charge in [0.25, 0.3) is 0 Å². The Morgan fingerprint density at radius 1 is 1.31 bits per heavy atom. The van der Waals surface area contributed by atoms with Crippen molar-refractivity contribution >= 4 is 5.71 Å². The molecule has 0 unspecified atom stereocenters. The summed E-state index contributed by atoms with van der Waals surface area (Å²) in [6.07, 6.45) is 3.65. The van der Waals surface area contributed by atoms with Gasteiger partial charge in [0, 0.05) is 25.6 Å². The Labute approximate surface area is 98.2 Å². The molecule has 2 bridgehead atoms. The lowest BCUT2D eigenvalue weighted by molar-refractivity contribution is -0.0208. The summed E-state index contributed by atoms with van der Waals surface area (Å²) in [5.41, 5.74) is 1.72. The van der Waals surface area contributed by atoms with Gasteiger partial charge in [-0.15, -0.1) is 0 Å². The zero-order valence-electron chi connectivity index (χ0n) is 10.8. The minimum absolute atomic E-state index is 0.431. The Bertz CT molecular complexity index is 286. The number of hydrogen-bond acceptors (Lipinski definition) is 3. The van der Waals surface area contributed by atoms with E-state index in [1.54, 1.807) is 14.2 Å². The van der Waals surface area contributed by atoms with Crippen molar-refractivity contribution in [3.63, 3.8) is 0 Å². The van der Waals surface area contributed by atoms with Crippen molar-refractivity contribution in [1.82, 2.24) is 0 Å². The first-order valence-electron chi connectivity index (χ1n) is 6.21. The van der Waals surface area contributed by atoms with E-state index >= 15 is 0 Å². The molecule has 3 rings (SSSR count). The molecule has 0 amide bonds. The number of nitrogens with zero attached hydrogens (tertiary/aromatic N) is 1. The van der Waals surface area contributed by atoms with Gasteiger partial charge in [-0.05, 0) is 30.6 Å². The van der Waals surface area contributed by atoms with Crippen molar-refractivity contribution in [3.8, 4) is 0 Å². The van der Waals surface area contributed by atoms with E-state index in [1.165, 1.54) is 18.6 Å². The van der Waals surface area contributed by atoms with Gasteiger partial charge in [0.15, 0.2) is 0 Å². The molecule has 3 fully saturated rings. The Morgan fingerprint density at radius 3 is 2.62 bits per heavy atom. The van der Waals surface area contributed by atoms with Crippen LogP contribution >= 0.6 is 0 Å². The molecule has 0 aliphatic heterocycles. The highest BCUT2D eigenvalue weighted by molar-refractivity contribution is 5.91. The van der Waals surface area contributed by atoms with E-state index < -0.39 is 0 Å². The van der Waals surface area contributed by atoms with Crippen LogP contribution in [0, 0.1) is 23.2 Å². The minimum Gasteiger partial charge on any atom is -0.399 e. The van der Waals surface area contributed by atoms with Gasteiger partial charge in [0.05, 0.1) is 5.71 Å². The summed E-state index contributed by atoms with van der Waals surface area (Å²) in [5, 5.41) is 4.29. The van der Waals surface area contributed by atoms with Gasteiger partial charge in [-0.3, -0.25) is 0 Å². The third kappa shape index (κ3) is 1.75. The molecule has 3 heteroatoms. The summed E-state index contributed by atoms with van der Waals surface area (Å²) in [5.74, 6) is 2.08. The first-order chi connectivity index (χ1) is 7.61. The molecular formula is C13H23NO2. The molecule has 0 aromatic carbocycles. The number of hydrogen-bond donors (Lipinski definition) is 0. The molecule has 3 aliphatic rings. The SMILES string of the molecule is COCC[C@H]1C[C@@H]2C[C@H](/C1=N/OC)C2(C)C. The summed E-state index contributed by atoms with van der Waals surface area (Å²) in [6.45, 7) is 5.56. The van der Waals surface area contributed by atoms with Crippen LogP contribution in [0.3, 0.4) is 0 Å². The Morgan fingerprint density at radius 2 is 2.06 bits per heavy atom. The molecule has 0 heterocycles. The van der Waals surface area contributed by atoms with Gasteiger partial charge in [0.2, 0.25) is 0 Å². The van der Waals surface area contributed by atoms with Gasteiger partial charge >= 0.3 is 0 Å². The predicted octanol–water partition coefficient (Wildman–Crippen LogP) is 2.71. The van der Waals surface area contributed by atoms with E-state index in [0.717, 1.165) is 18.9 Å². The van der Waals surface area contributed by atoms with E-state index in [0.29, 0.717) is 17.3 Å². The van der Waals surface area contributed by atoms with E-state index in [-0.39, 0.29) is 0 Å². The molecule has 3 aliphatic carbocycles. The predicted molar refractivity (Wildman–Crippen MR) is 64.4 cm³/mol. The zero-order valence-corrected chi connectivity index (χ0v) is 10.8. The normalized spacial score (nSPS) is 38.2. The standard InChI is InChI=1S/C13H23NO2/c1-13(2)10-7-9(5-6-15-3)12(14-16-4)11(13)8-10/h9-11H,5-8H2,1-4H3/b14-12+/t9-,10+,11+/m0/s1. The van der Waals surface area contributed by atoms with Gasteiger partial charge < -0.3 is 9.57 Å². The van der Waals surface area contributed by atoms with Crippen LogP contribution in [-0.2, 0) is 9.57 Å². The smallest absolute Gasteiger partial charge is 0.106 e. The van der Waals surface area contributed by atoms with Crippen molar-refractivity contribution in [1.29, 1.82) is 0 Å². The number of fused-ring (bicyclic) bond motifs is 2. The second-order valence-electron chi connectivity index (χ2n) is 5.72. The highest BCUT2D eigenvalue weighted by Crippen LogP contribution is 2.59. The molecule has 0 N–H and O–H groups in total. The minimum atomic E-state index is 0.431. The highest BCUT2D eigenvalue weighted by Gasteiger charge is 2.56. The Balaban J connectivity index is 2.09. The summed E-state index contributed by atoms with van der Waals surface area (Å²) < 4.78 is 5.18. The summed E-state index contributed by atoms with van der Waals surface area (Å²) >= 11 is 0. The van der Waals surface area contributed by atoms with Crippen molar-refractivity contribution in [3.05, 3.63) is 0 Å². The van der Waals surface area contributed by atoms with Crippen LogP contribution in [0.4, 0.5) is 0 Å². The fraction of sp³-hybridized carbons (Fsp3) is 0.923. The van der Waals surface area contributed by atoms with E-state index in [2.05, 4.69) is 19.0 Å². The average molecular weight is 225 g/mol. The molecular weight excluding hydrogens is 202 g/mol. The fourth-order valence-corrected chi connectivity index (χ4v) is 3.44. The van der Waals surface area contributed by atoms with E-state index in [4.69, 9.17) is 9.57 Å². The molecule has 16 heavy (non-hydrogen) atoms. The molecule has 0 spiro atoms. The lowest BCUT2D eigenvalue weighted by Gasteiger charge is -2.59. The van der Waals surface area contributed by atoms with E-state index in [9.17, 15) is 0 Å². The van der Waals surface area contributed by atoms with Crippen molar-refractivity contribution in [2.75, 3.05) is 20.8 Å². The quantitative estimate of drug-likeness (QED) is 0.689. The Kier molecular flexibility index (Phi) is 3.24. The lowest BCUT2D eigenvalue weighted by Crippen LogP contribution is -2.56. The molecule has 3 saturated carbocycles. The third-order valence-corrected chi connectivity index (χ3v) is 4.68. The number of ether oxygens (including phenoxy) is 1. The van der Waals surface area contributed by atoms with E-state index in [1.807, 2.05) is 0 Å². The molecule has 0 aromatic heterocycles. The maximum Gasteiger partial charge on any atom is 0.106 e. The van der Waals surface area contributed by atoms with Crippen LogP contribution < -0.4 is 0 Å². The summed E-state index contributed by atoms with van der Waals surface area (Å²) in [6, 6.07) is 0. The molecule has 3 nitrogen and oxygen atoms in total. The zero-order chi connectivity index (χ0) is 11.8. The first-order valence-corrected chi connectivity index (χ1v) is 6.21. The molecule has 0 saturated heterocycles. The monoisotopic (exact) mass is 225 g/mol. The maximum absolute atomic E-state index is 5.18. The lowest BCUT2D eigenvalue weighted by atomic mass is 9.46. The van der Waals surface area contributed by atoms with Crippen LogP contribution in [0.1, 0.15) is 33.1 Å². The molecule has 0 radical (unpaired) electrons. The largest absolute Gasteiger partial charge is 0.399 e. The van der Waals surface area contributed by atoms with Crippen molar-refractivity contribution < 1.29 is 9.57 Å². The summed E-state index contributed by atoms with van der Waals surface area (Å²) in [7, 11) is 3.42. The van der Waals surface area contributed by atoms with Gasteiger partial charge in [-0.2, -0.15) is 0 Å². The van der Waals surface area contributed by atoms with Crippen LogP contribution in [0.25, 0.3) is 0 Å². The van der Waals surface area contributed by atoms with Crippen molar-refractivity contribution in [2.24, 2.45) is 28.3 Å². The molecule has 0 aromatic rings. The number of methoxy groups -OCH3 is 1. The second-order valence-corrected chi connectivity index (χ2v) is 5.72. The Hall–Kier alpha value is -0.570. The molecule has 3 atom stereocenters. The topological polar surface area (TPSA) is 30.8 Å². The number of oxime groups is 1. The first kappa shape index (κ1) is 11.9. The fourth-order valence-electron chi connectivity index (χ4n) is 3.44. The van der Waals surface area contributed by atoms with Gasteiger partial charge in [-0.25, -0.2) is 0 Å². The molecule has 92 valence electrons. The summed E-state index contributed by atoms with van der Waals surface area (Å²) in [4.78, 5) is 5.03. The van der Waals surface area contributed by atoms with Crippen LogP contribution in [-0.4, -0.2) is 26.5 Å². The van der Waals surface area contributed by atoms with Crippen LogP contribution in [0.5, 0.6) is 0 Å². The van der Waals surface area contributed by atoms with Gasteiger partial charge in [0.1, 0.15) is 7.11 Å². The van der Waals surface area contributed by atoms with Gasteiger partial charge in [-0.1, -0.05) is 19.0 Å². The second kappa shape index (κ2) is 4.36. The third-order valence-electron chi connectivity index (χ3n) is 4.68. The highest BCUT2D eigenvalue weighted by atomic mass is 16.6. The average Bonchev–Trinajstić information content (AvgIpc) is 2.27. The maximum atomic E-state index is 5.18.